The number of nitrogens with zero attached hydrogens (tertiary/aromatic N) is 1. The minimum absolute atomic E-state index is 0.575. The molecule has 6 nitrogen and oxygen atoms in total. The third kappa shape index (κ3) is 3.90. The molecule has 1 aromatic rings. The second kappa shape index (κ2) is 8.00. The lowest BCUT2D eigenvalue weighted by molar-refractivity contribution is -0.143. The van der Waals surface area contributed by atoms with Gasteiger partial charge in [0.05, 0.1) is 13.7 Å². The zero-order valence-electron chi connectivity index (χ0n) is 13.2. The van der Waals surface area contributed by atoms with Gasteiger partial charge in [0.1, 0.15) is 6.04 Å². The quantitative estimate of drug-likeness (QED) is 0.796. The number of hydrogen-bond acceptors (Lipinski definition) is 5. The number of hydrogen-bond donors (Lipinski definition) is 2. The molecule has 0 spiro atoms. The van der Waals surface area contributed by atoms with Gasteiger partial charge in [-0.25, -0.2) is 0 Å². The van der Waals surface area contributed by atoms with Crippen LogP contribution >= 0.6 is 0 Å². The molecular formula is C16H24N2O4. The van der Waals surface area contributed by atoms with Crippen molar-refractivity contribution >= 4 is 5.97 Å². The van der Waals surface area contributed by atoms with Gasteiger partial charge in [0.25, 0.3) is 0 Å². The molecule has 1 fully saturated rings. The monoisotopic (exact) mass is 308 g/mol. The molecule has 0 saturated carbocycles. The highest BCUT2D eigenvalue weighted by Gasteiger charge is 2.29. The molecule has 1 heterocycles. The van der Waals surface area contributed by atoms with Crippen molar-refractivity contribution in [2.24, 2.45) is 0 Å². The number of carboxylic acid groups (broad SMARTS) is 1. The summed E-state index contributed by atoms with van der Waals surface area (Å²) in [7, 11) is 1.58. The number of carbonyl (C=O) groups is 1. The Morgan fingerprint density at radius 3 is 2.68 bits per heavy atom. The predicted octanol–water partition coefficient (Wildman–Crippen LogP) is 1.51. The number of aliphatic carboxylic acids is 1. The van der Waals surface area contributed by atoms with E-state index in [0.717, 1.165) is 25.1 Å². The fraction of sp³-hybridized carbons (Fsp3) is 0.562. The first kappa shape index (κ1) is 16.6. The Labute approximate surface area is 131 Å². The molecule has 0 aliphatic carbocycles. The van der Waals surface area contributed by atoms with Crippen molar-refractivity contribution in [2.75, 3.05) is 39.9 Å². The number of benzene rings is 1. The maximum absolute atomic E-state index is 11.7. The molecule has 6 heteroatoms. The fourth-order valence-electron chi connectivity index (χ4n) is 2.64. The summed E-state index contributed by atoms with van der Waals surface area (Å²) in [5.74, 6) is 0.387. The van der Waals surface area contributed by atoms with Crippen molar-refractivity contribution in [2.45, 2.75) is 19.4 Å². The average molecular weight is 308 g/mol. The summed E-state index contributed by atoms with van der Waals surface area (Å²) in [4.78, 5) is 13.7. The summed E-state index contributed by atoms with van der Waals surface area (Å²) < 4.78 is 11.0. The zero-order chi connectivity index (χ0) is 15.9. The summed E-state index contributed by atoms with van der Waals surface area (Å²) in [5, 5.41) is 12.9. The molecular weight excluding hydrogens is 284 g/mol. The molecule has 1 aromatic carbocycles. The van der Waals surface area contributed by atoms with Crippen molar-refractivity contribution in [3.8, 4) is 11.5 Å². The number of methoxy groups -OCH3 is 1. The number of nitrogens with one attached hydrogen (secondary N) is 1. The highest BCUT2D eigenvalue weighted by molar-refractivity contribution is 5.76. The van der Waals surface area contributed by atoms with Gasteiger partial charge in [0, 0.05) is 26.2 Å². The van der Waals surface area contributed by atoms with Crippen LogP contribution in [0.4, 0.5) is 0 Å². The highest BCUT2D eigenvalue weighted by atomic mass is 16.5. The van der Waals surface area contributed by atoms with Gasteiger partial charge in [-0.05, 0) is 24.1 Å². The third-order valence-corrected chi connectivity index (χ3v) is 3.72. The third-order valence-electron chi connectivity index (χ3n) is 3.72. The van der Waals surface area contributed by atoms with Crippen LogP contribution in [0.15, 0.2) is 18.2 Å². The maximum atomic E-state index is 11.7. The Kier molecular flexibility index (Phi) is 6.03. The topological polar surface area (TPSA) is 71.0 Å². The first-order valence-electron chi connectivity index (χ1n) is 7.65. The van der Waals surface area contributed by atoms with E-state index in [1.165, 1.54) is 0 Å². The van der Waals surface area contributed by atoms with E-state index in [0.29, 0.717) is 31.2 Å². The van der Waals surface area contributed by atoms with Crippen LogP contribution in [0, 0.1) is 0 Å². The molecule has 1 saturated heterocycles. The fourth-order valence-corrected chi connectivity index (χ4v) is 2.64. The molecule has 22 heavy (non-hydrogen) atoms. The van der Waals surface area contributed by atoms with E-state index in [1.54, 1.807) is 25.3 Å². The molecule has 2 N–H and O–H groups in total. The summed E-state index contributed by atoms with van der Waals surface area (Å²) in [6, 6.07) is 4.71. The van der Waals surface area contributed by atoms with Gasteiger partial charge in [-0.2, -0.15) is 0 Å². The van der Waals surface area contributed by atoms with E-state index >= 15 is 0 Å². The van der Waals surface area contributed by atoms with Gasteiger partial charge in [-0.15, -0.1) is 0 Å². The molecule has 0 aromatic heterocycles. The van der Waals surface area contributed by atoms with E-state index < -0.39 is 12.0 Å². The zero-order valence-corrected chi connectivity index (χ0v) is 13.2. The van der Waals surface area contributed by atoms with Crippen molar-refractivity contribution in [1.29, 1.82) is 0 Å². The summed E-state index contributed by atoms with van der Waals surface area (Å²) in [5.41, 5.74) is 0.723. The van der Waals surface area contributed by atoms with Gasteiger partial charge < -0.3 is 19.9 Å². The smallest absolute Gasteiger partial charge is 0.325 e. The summed E-state index contributed by atoms with van der Waals surface area (Å²) in [6.07, 6.45) is 0.882. The van der Waals surface area contributed by atoms with Crippen molar-refractivity contribution in [3.63, 3.8) is 0 Å². The summed E-state index contributed by atoms with van der Waals surface area (Å²) >= 11 is 0. The second-order valence-corrected chi connectivity index (χ2v) is 5.29. The number of ether oxygens (including phenoxy) is 2. The van der Waals surface area contributed by atoms with Crippen LogP contribution in [-0.2, 0) is 4.79 Å². The number of carboxylic acids is 1. The standard InChI is InChI=1S/C16H24N2O4/c1-3-10-22-14-11-12(4-5-13(14)21-2)15(16(19)20)18-8-6-17-7-9-18/h4-5,11,15,17H,3,6-10H2,1-2H3,(H,19,20). The normalized spacial score (nSPS) is 17.0. The SMILES string of the molecule is CCCOc1cc(C(C(=O)O)N2CCNCC2)ccc1OC. The number of piperazine rings is 1. The van der Waals surface area contributed by atoms with E-state index in [4.69, 9.17) is 9.47 Å². The minimum Gasteiger partial charge on any atom is -0.493 e. The lowest BCUT2D eigenvalue weighted by Gasteiger charge is -2.32. The van der Waals surface area contributed by atoms with Crippen LogP contribution in [0.1, 0.15) is 24.9 Å². The molecule has 1 aliphatic rings. The van der Waals surface area contributed by atoms with Gasteiger partial charge >= 0.3 is 5.97 Å². The second-order valence-electron chi connectivity index (χ2n) is 5.29. The van der Waals surface area contributed by atoms with Gasteiger partial charge in [0.2, 0.25) is 0 Å². The number of rotatable bonds is 7. The molecule has 1 aliphatic heterocycles. The van der Waals surface area contributed by atoms with E-state index in [1.807, 2.05) is 11.8 Å². The van der Waals surface area contributed by atoms with Gasteiger partial charge in [-0.3, -0.25) is 9.69 Å². The van der Waals surface area contributed by atoms with Crippen LogP contribution in [-0.4, -0.2) is 55.9 Å². The molecule has 0 amide bonds. The first-order chi connectivity index (χ1) is 10.7. The van der Waals surface area contributed by atoms with E-state index in [2.05, 4.69) is 5.32 Å². The van der Waals surface area contributed by atoms with Crippen LogP contribution < -0.4 is 14.8 Å². The van der Waals surface area contributed by atoms with Crippen molar-refractivity contribution in [3.05, 3.63) is 23.8 Å². The lowest BCUT2D eigenvalue weighted by Crippen LogP contribution is -2.47. The van der Waals surface area contributed by atoms with E-state index in [-0.39, 0.29) is 0 Å². The molecule has 1 atom stereocenters. The Bertz CT molecular complexity index is 501. The first-order valence-corrected chi connectivity index (χ1v) is 7.65. The Morgan fingerprint density at radius 2 is 2.09 bits per heavy atom. The lowest BCUT2D eigenvalue weighted by atomic mass is 10.0. The molecule has 0 bridgehead atoms. The Hall–Kier alpha value is -1.79. The summed E-state index contributed by atoms with van der Waals surface area (Å²) in [6.45, 7) is 5.64. The van der Waals surface area contributed by atoms with Crippen LogP contribution in [0.2, 0.25) is 0 Å². The molecule has 1 unspecified atom stereocenters. The van der Waals surface area contributed by atoms with Crippen molar-refractivity contribution in [1.82, 2.24) is 10.2 Å². The van der Waals surface area contributed by atoms with Crippen LogP contribution in [0.3, 0.4) is 0 Å². The largest absolute Gasteiger partial charge is 0.493 e. The Balaban J connectivity index is 2.28. The molecule has 0 radical (unpaired) electrons. The predicted molar refractivity (Wildman–Crippen MR) is 83.6 cm³/mol. The van der Waals surface area contributed by atoms with Crippen molar-refractivity contribution < 1.29 is 19.4 Å². The molecule has 122 valence electrons. The molecule has 2 rings (SSSR count). The highest BCUT2D eigenvalue weighted by Crippen LogP contribution is 2.32. The average Bonchev–Trinajstić information content (AvgIpc) is 2.54. The van der Waals surface area contributed by atoms with Crippen LogP contribution in [0.5, 0.6) is 11.5 Å². The van der Waals surface area contributed by atoms with Gasteiger partial charge in [-0.1, -0.05) is 13.0 Å². The minimum atomic E-state index is -0.839. The van der Waals surface area contributed by atoms with Gasteiger partial charge in [0.15, 0.2) is 11.5 Å². The maximum Gasteiger partial charge on any atom is 0.325 e. The van der Waals surface area contributed by atoms with Crippen LogP contribution in [0.25, 0.3) is 0 Å². The van der Waals surface area contributed by atoms with E-state index in [9.17, 15) is 9.90 Å². The Morgan fingerprint density at radius 1 is 1.36 bits per heavy atom.